The lowest BCUT2D eigenvalue weighted by atomic mass is 9.97. The fourth-order valence-electron chi connectivity index (χ4n) is 4.43. The van der Waals surface area contributed by atoms with Crippen molar-refractivity contribution >= 4 is 22.5 Å². The third kappa shape index (κ3) is 4.76. The second kappa shape index (κ2) is 8.94. The first-order chi connectivity index (χ1) is 17.1. The second-order valence-corrected chi connectivity index (χ2v) is 8.58. The Labute approximate surface area is 201 Å². The number of halogens is 5. The standard InChI is InChI=1S/C24H21F5N6O/c25-13-7-12(8-14(26)9-13)17-11-32-22(31)20(21(17)35-5-3-15(30)4-6-35)23-33-18-2-1-16(10-19(18)34-23)36-24(27,28)29/h1-2,7-11,15H,3-6,30H2,(H2,31,32)(H,33,34). The molecule has 1 aliphatic rings. The summed E-state index contributed by atoms with van der Waals surface area (Å²) >= 11 is 0. The highest BCUT2D eigenvalue weighted by Gasteiger charge is 2.31. The molecule has 12 heteroatoms. The van der Waals surface area contributed by atoms with Crippen LogP contribution in [0.15, 0.2) is 42.6 Å². The number of benzene rings is 2. The quantitative estimate of drug-likeness (QED) is 0.339. The zero-order valence-corrected chi connectivity index (χ0v) is 18.7. The molecule has 1 saturated heterocycles. The van der Waals surface area contributed by atoms with Crippen LogP contribution in [0.25, 0.3) is 33.5 Å². The predicted octanol–water partition coefficient (Wildman–Crippen LogP) is 4.98. The van der Waals surface area contributed by atoms with Gasteiger partial charge in [-0.25, -0.2) is 18.7 Å². The SMILES string of the molecule is Nc1ncc(-c2cc(F)cc(F)c2)c(N2CCC(N)CC2)c1-c1nc2ccc(OC(F)(F)F)cc2[nH]1. The highest BCUT2D eigenvalue weighted by molar-refractivity contribution is 5.95. The first-order valence-corrected chi connectivity index (χ1v) is 11.1. The number of anilines is 2. The molecular formula is C24H21F5N6O. The van der Waals surface area contributed by atoms with E-state index in [2.05, 4.69) is 19.7 Å². The number of H-pyrrole nitrogens is 1. The number of imidazole rings is 1. The van der Waals surface area contributed by atoms with E-state index in [0.29, 0.717) is 48.3 Å². The minimum atomic E-state index is -4.85. The molecule has 2 aromatic carbocycles. The van der Waals surface area contributed by atoms with Crippen LogP contribution in [0.3, 0.4) is 0 Å². The van der Waals surface area contributed by atoms with E-state index in [-0.39, 0.29) is 28.8 Å². The van der Waals surface area contributed by atoms with E-state index >= 15 is 0 Å². The van der Waals surface area contributed by atoms with Gasteiger partial charge in [0.05, 0.1) is 22.3 Å². The average molecular weight is 504 g/mol. The normalized spacial score (nSPS) is 15.0. The number of nitrogens with zero attached hydrogens (tertiary/aromatic N) is 3. The van der Waals surface area contributed by atoms with E-state index in [1.165, 1.54) is 30.5 Å². The lowest BCUT2D eigenvalue weighted by Crippen LogP contribution is -2.40. The Kier molecular flexibility index (Phi) is 5.91. The maximum Gasteiger partial charge on any atom is 0.573 e. The van der Waals surface area contributed by atoms with Crippen molar-refractivity contribution < 1.29 is 26.7 Å². The number of nitrogen functional groups attached to an aromatic ring is 1. The fraction of sp³-hybridized carbons (Fsp3) is 0.250. The Balaban J connectivity index is 1.69. The zero-order chi connectivity index (χ0) is 25.6. The summed E-state index contributed by atoms with van der Waals surface area (Å²) in [7, 11) is 0. The third-order valence-corrected chi connectivity index (χ3v) is 6.03. The highest BCUT2D eigenvalue weighted by Crippen LogP contribution is 2.43. The third-order valence-electron chi connectivity index (χ3n) is 6.03. The van der Waals surface area contributed by atoms with Crippen molar-refractivity contribution in [2.75, 3.05) is 23.7 Å². The number of piperidine rings is 1. The van der Waals surface area contributed by atoms with Crippen LogP contribution < -0.4 is 21.1 Å². The van der Waals surface area contributed by atoms with Crippen LogP contribution in [0.2, 0.25) is 0 Å². The van der Waals surface area contributed by atoms with Gasteiger partial charge < -0.3 is 26.1 Å². The van der Waals surface area contributed by atoms with E-state index in [1.54, 1.807) is 0 Å². The second-order valence-electron chi connectivity index (χ2n) is 8.58. The zero-order valence-electron chi connectivity index (χ0n) is 18.7. The van der Waals surface area contributed by atoms with E-state index in [4.69, 9.17) is 11.5 Å². The molecule has 2 aromatic heterocycles. The number of alkyl halides is 3. The summed E-state index contributed by atoms with van der Waals surface area (Å²) in [6.07, 6.45) is -2.05. The van der Waals surface area contributed by atoms with Gasteiger partial charge in [-0.3, -0.25) is 0 Å². The van der Waals surface area contributed by atoms with Gasteiger partial charge in [-0.05, 0) is 42.7 Å². The molecule has 0 aliphatic carbocycles. The van der Waals surface area contributed by atoms with Gasteiger partial charge in [0.25, 0.3) is 0 Å². The molecule has 7 nitrogen and oxygen atoms in total. The lowest BCUT2D eigenvalue weighted by Gasteiger charge is -2.34. The number of rotatable bonds is 4. The van der Waals surface area contributed by atoms with E-state index < -0.39 is 23.7 Å². The molecule has 0 amide bonds. The largest absolute Gasteiger partial charge is 0.573 e. The minimum absolute atomic E-state index is 0.0113. The maximum absolute atomic E-state index is 14.1. The van der Waals surface area contributed by atoms with Crippen molar-refractivity contribution in [1.29, 1.82) is 0 Å². The molecule has 0 atom stereocenters. The maximum atomic E-state index is 14.1. The van der Waals surface area contributed by atoms with Crippen LogP contribution in [0.1, 0.15) is 12.8 Å². The number of nitrogens with one attached hydrogen (secondary N) is 1. The Morgan fingerprint density at radius 1 is 1.03 bits per heavy atom. The number of nitrogens with two attached hydrogens (primary N) is 2. The summed E-state index contributed by atoms with van der Waals surface area (Å²) in [5, 5.41) is 0. The topological polar surface area (TPSA) is 106 Å². The number of pyridine rings is 1. The molecule has 4 aromatic rings. The number of fused-ring (bicyclic) bond motifs is 1. The molecule has 5 rings (SSSR count). The predicted molar refractivity (Wildman–Crippen MR) is 125 cm³/mol. The molecule has 0 bridgehead atoms. The van der Waals surface area contributed by atoms with Crippen molar-refractivity contribution in [2.45, 2.75) is 25.2 Å². The lowest BCUT2D eigenvalue weighted by molar-refractivity contribution is -0.274. The molecule has 3 heterocycles. The molecule has 1 fully saturated rings. The summed E-state index contributed by atoms with van der Waals surface area (Å²) in [5.41, 5.74) is 14.6. The summed E-state index contributed by atoms with van der Waals surface area (Å²) in [5.74, 6) is -1.59. The summed E-state index contributed by atoms with van der Waals surface area (Å²) in [6.45, 7) is 1.10. The van der Waals surface area contributed by atoms with Gasteiger partial charge in [0, 0.05) is 43.0 Å². The number of hydrogen-bond acceptors (Lipinski definition) is 6. The minimum Gasteiger partial charge on any atom is -0.406 e. The Morgan fingerprint density at radius 3 is 2.39 bits per heavy atom. The Bertz CT molecular complexity index is 1410. The first-order valence-electron chi connectivity index (χ1n) is 11.1. The van der Waals surface area contributed by atoms with Gasteiger partial charge in [-0.1, -0.05) is 0 Å². The molecule has 1 aliphatic heterocycles. The van der Waals surface area contributed by atoms with Gasteiger partial charge in [0.2, 0.25) is 0 Å². The van der Waals surface area contributed by atoms with Gasteiger partial charge in [0.15, 0.2) is 0 Å². The average Bonchev–Trinajstić information content (AvgIpc) is 3.20. The number of aromatic amines is 1. The Hall–Kier alpha value is -3.93. The molecule has 0 saturated carbocycles. The molecule has 36 heavy (non-hydrogen) atoms. The fourth-order valence-corrected chi connectivity index (χ4v) is 4.43. The van der Waals surface area contributed by atoms with E-state index in [1.807, 2.05) is 4.90 Å². The van der Waals surface area contributed by atoms with Crippen LogP contribution in [0, 0.1) is 11.6 Å². The van der Waals surface area contributed by atoms with Crippen LogP contribution in [-0.2, 0) is 0 Å². The van der Waals surface area contributed by atoms with Gasteiger partial charge in [-0.2, -0.15) is 0 Å². The molecule has 188 valence electrons. The van der Waals surface area contributed by atoms with Gasteiger partial charge >= 0.3 is 6.36 Å². The summed E-state index contributed by atoms with van der Waals surface area (Å²) in [6, 6.07) is 6.88. The van der Waals surface area contributed by atoms with Crippen LogP contribution in [0.5, 0.6) is 5.75 Å². The monoisotopic (exact) mass is 504 g/mol. The molecule has 5 N–H and O–H groups in total. The molecule has 0 unspecified atom stereocenters. The number of aromatic nitrogens is 3. The summed E-state index contributed by atoms with van der Waals surface area (Å²) in [4.78, 5) is 13.7. The van der Waals surface area contributed by atoms with E-state index in [0.717, 1.165) is 12.1 Å². The van der Waals surface area contributed by atoms with Crippen molar-refractivity contribution in [1.82, 2.24) is 15.0 Å². The van der Waals surface area contributed by atoms with Crippen LogP contribution in [0.4, 0.5) is 33.5 Å². The first kappa shape index (κ1) is 23.8. The highest BCUT2D eigenvalue weighted by atomic mass is 19.4. The van der Waals surface area contributed by atoms with Gasteiger partial charge in [-0.15, -0.1) is 13.2 Å². The summed E-state index contributed by atoms with van der Waals surface area (Å²) < 4.78 is 70.2. The smallest absolute Gasteiger partial charge is 0.406 e. The van der Waals surface area contributed by atoms with Crippen LogP contribution >= 0.6 is 0 Å². The van der Waals surface area contributed by atoms with Crippen molar-refractivity contribution in [3.63, 3.8) is 0 Å². The number of hydrogen-bond donors (Lipinski definition) is 3. The molecule has 0 radical (unpaired) electrons. The molecular weight excluding hydrogens is 483 g/mol. The van der Waals surface area contributed by atoms with E-state index in [9.17, 15) is 22.0 Å². The Morgan fingerprint density at radius 2 is 1.72 bits per heavy atom. The van der Waals surface area contributed by atoms with Crippen molar-refractivity contribution in [2.24, 2.45) is 5.73 Å². The number of ether oxygens (including phenoxy) is 1. The van der Waals surface area contributed by atoms with Crippen LogP contribution in [-0.4, -0.2) is 40.4 Å². The van der Waals surface area contributed by atoms with Crippen molar-refractivity contribution in [3.8, 4) is 28.3 Å². The molecule has 0 spiro atoms. The van der Waals surface area contributed by atoms with Gasteiger partial charge in [0.1, 0.15) is 29.0 Å². The van der Waals surface area contributed by atoms with Crippen molar-refractivity contribution in [3.05, 3.63) is 54.2 Å².